The van der Waals surface area contributed by atoms with Gasteiger partial charge < -0.3 is 11.1 Å². The third-order valence-electron chi connectivity index (χ3n) is 5.26. The van der Waals surface area contributed by atoms with Gasteiger partial charge in [0.05, 0.1) is 0 Å². The topological polar surface area (TPSA) is 83.8 Å². The van der Waals surface area contributed by atoms with Crippen LogP contribution in [0.1, 0.15) is 49.0 Å². The Labute approximate surface area is 112 Å². The van der Waals surface area contributed by atoms with Crippen LogP contribution < -0.4 is 11.1 Å². The molecule has 19 heavy (non-hydrogen) atoms. The summed E-state index contributed by atoms with van der Waals surface area (Å²) in [5.41, 5.74) is 6.08. The van der Waals surface area contributed by atoms with E-state index in [9.17, 15) is 4.79 Å². The van der Waals surface area contributed by atoms with Gasteiger partial charge in [0.1, 0.15) is 11.5 Å². The van der Waals surface area contributed by atoms with E-state index in [4.69, 9.17) is 5.73 Å². The van der Waals surface area contributed by atoms with Crippen molar-refractivity contribution in [3.8, 4) is 0 Å². The van der Waals surface area contributed by atoms with Crippen LogP contribution in [0.15, 0.2) is 6.07 Å². The molecule has 4 aliphatic carbocycles. The van der Waals surface area contributed by atoms with Crippen LogP contribution >= 0.6 is 0 Å². The summed E-state index contributed by atoms with van der Waals surface area (Å²) in [5, 5.41) is 9.81. The lowest BCUT2D eigenvalue weighted by molar-refractivity contribution is -0.0167. The second-order valence-electron chi connectivity index (χ2n) is 6.86. The first-order valence-electron chi connectivity index (χ1n) is 7.25. The van der Waals surface area contributed by atoms with Crippen molar-refractivity contribution in [1.29, 1.82) is 0 Å². The fraction of sp³-hybridized carbons (Fsp3) is 0.714. The number of hydrogen-bond acceptors (Lipinski definition) is 3. The largest absolute Gasteiger partial charge is 0.382 e. The molecule has 0 spiro atoms. The minimum Gasteiger partial charge on any atom is -0.382 e. The van der Waals surface area contributed by atoms with Crippen LogP contribution in [0.3, 0.4) is 0 Å². The predicted molar refractivity (Wildman–Crippen MR) is 71.4 cm³/mol. The monoisotopic (exact) mass is 260 g/mol. The molecule has 4 fully saturated rings. The third kappa shape index (κ3) is 1.83. The summed E-state index contributed by atoms with van der Waals surface area (Å²) in [5.74, 6) is 2.82. The highest BCUT2D eigenvalue weighted by Crippen LogP contribution is 2.55. The van der Waals surface area contributed by atoms with E-state index in [0.29, 0.717) is 11.5 Å². The quantitative estimate of drug-likeness (QED) is 0.756. The van der Waals surface area contributed by atoms with Crippen molar-refractivity contribution < 1.29 is 4.79 Å². The van der Waals surface area contributed by atoms with Crippen LogP contribution in [-0.4, -0.2) is 21.6 Å². The van der Waals surface area contributed by atoms with Gasteiger partial charge in [0.2, 0.25) is 0 Å². The minimum absolute atomic E-state index is 0.0473. The van der Waals surface area contributed by atoms with Crippen LogP contribution in [0.25, 0.3) is 0 Å². The third-order valence-corrected chi connectivity index (χ3v) is 5.26. The average Bonchev–Trinajstić information content (AvgIpc) is 2.73. The number of aromatic amines is 1. The normalized spacial score (nSPS) is 39.5. The Morgan fingerprint density at radius 1 is 1.26 bits per heavy atom. The summed E-state index contributed by atoms with van der Waals surface area (Å²) in [6, 6.07) is 1.61. The zero-order chi connectivity index (χ0) is 13.0. The van der Waals surface area contributed by atoms with Gasteiger partial charge >= 0.3 is 0 Å². The molecule has 0 unspecified atom stereocenters. The van der Waals surface area contributed by atoms with E-state index in [1.807, 2.05) is 0 Å². The molecular weight excluding hydrogens is 240 g/mol. The van der Waals surface area contributed by atoms with Crippen molar-refractivity contribution in [2.45, 2.75) is 44.1 Å². The molecular formula is C14H20N4O. The summed E-state index contributed by atoms with van der Waals surface area (Å²) in [7, 11) is 0. The highest BCUT2D eigenvalue weighted by Gasteiger charge is 2.51. The highest BCUT2D eigenvalue weighted by molar-refractivity contribution is 5.93. The zero-order valence-electron chi connectivity index (χ0n) is 11.0. The molecule has 4 bridgehead atoms. The number of hydrogen-bond donors (Lipinski definition) is 3. The molecule has 5 heteroatoms. The summed E-state index contributed by atoms with van der Waals surface area (Å²) in [6.07, 6.45) is 7.63. The van der Waals surface area contributed by atoms with E-state index >= 15 is 0 Å². The van der Waals surface area contributed by atoms with Crippen molar-refractivity contribution in [1.82, 2.24) is 15.5 Å². The van der Waals surface area contributed by atoms with Gasteiger partial charge in [-0.1, -0.05) is 0 Å². The zero-order valence-corrected chi connectivity index (χ0v) is 11.0. The molecule has 0 aliphatic heterocycles. The van der Waals surface area contributed by atoms with Crippen LogP contribution in [0.2, 0.25) is 0 Å². The fourth-order valence-electron chi connectivity index (χ4n) is 5.03. The number of rotatable bonds is 2. The van der Waals surface area contributed by atoms with Gasteiger partial charge in [-0.25, -0.2) is 0 Å². The molecule has 4 saturated carbocycles. The smallest absolute Gasteiger partial charge is 0.269 e. The number of H-pyrrole nitrogens is 1. The molecule has 102 valence electrons. The molecule has 1 aromatic rings. The number of anilines is 1. The molecule has 5 rings (SSSR count). The summed E-state index contributed by atoms with van der Waals surface area (Å²) in [4.78, 5) is 12.3. The Morgan fingerprint density at radius 3 is 2.32 bits per heavy atom. The first-order chi connectivity index (χ1) is 9.12. The van der Waals surface area contributed by atoms with Crippen LogP contribution in [0, 0.1) is 17.8 Å². The number of nitrogens with one attached hydrogen (secondary N) is 2. The Hall–Kier alpha value is -1.52. The van der Waals surface area contributed by atoms with Gasteiger partial charge in [-0.15, -0.1) is 0 Å². The van der Waals surface area contributed by atoms with Gasteiger partial charge in [0, 0.05) is 11.6 Å². The lowest BCUT2D eigenvalue weighted by atomic mass is 9.53. The molecule has 1 heterocycles. The minimum atomic E-state index is -0.0499. The Balaban J connectivity index is 1.54. The first-order valence-corrected chi connectivity index (χ1v) is 7.25. The van der Waals surface area contributed by atoms with Crippen molar-refractivity contribution in [3.05, 3.63) is 11.8 Å². The second-order valence-corrected chi connectivity index (χ2v) is 6.86. The summed E-state index contributed by atoms with van der Waals surface area (Å²) < 4.78 is 0. The maximum Gasteiger partial charge on any atom is 0.269 e. The molecule has 0 atom stereocenters. The van der Waals surface area contributed by atoms with E-state index < -0.39 is 0 Å². The molecule has 0 radical (unpaired) electrons. The molecule has 0 saturated heterocycles. The summed E-state index contributed by atoms with van der Waals surface area (Å²) in [6.45, 7) is 0. The maximum atomic E-state index is 12.3. The van der Waals surface area contributed by atoms with Crippen molar-refractivity contribution in [2.75, 3.05) is 5.73 Å². The standard InChI is InChI=1S/C14H20N4O/c15-12-4-11(17-18-12)13(19)16-14-5-8-1-9(6-14)3-10(2-8)7-14/h4,8-10H,1-3,5-7H2,(H,16,19)(H3,15,17,18). The molecule has 4 N–H and O–H groups in total. The summed E-state index contributed by atoms with van der Waals surface area (Å²) >= 11 is 0. The molecule has 4 aliphatic rings. The van der Waals surface area contributed by atoms with Gasteiger partial charge in [-0.05, 0) is 56.3 Å². The lowest BCUT2D eigenvalue weighted by Gasteiger charge is -2.56. The van der Waals surface area contributed by atoms with Crippen molar-refractivity contribution >= 4 is 11.7 Å². The number of nitrogens with two attached hydrogens (primary N) is 1. The molecule has 5 nitrogen and oxygen atoms in total. The average molecular weight is 260 g/mol. The van der Waals surface area contributed by atoms with Gasteiger partial charge in [0.25, 0.3) is 5.91 Å². The Bertz CT molecular complexity index is 486. The number of carbonyl (C=O) groups excluding carboxylic acids is 1. The number of nitrogens with zero attached hydrogens (tertiary/aromatic N) is 1. The van der Waals surface area contributed by atoms with E-state index in [2.05, 4.69) is 15.5 Å². The highest BCUT2D eigenvalue weighted by atomic mass is 16.2. The number of amides is 1. The van der Waals surface area contributed by atoms with E-state index in [0.717, 1.165) is 37.0 Å². The van der Waals surface area contributed by atoms with Crippen LogP contribution in [-0.2, 0) is 0 Å². The van der Waals surface area contributed by atoms with Crippen LogP contribution in [0.5, 0.6) is 0 Å². The van der Waals surface area contributed by atoms with Gasteiger partial charge in [-0.3, -0.25) is 9.89 Å². The number of nitrogen functional groups attached to an aromatic ring is 1. The Kier molecular flexibility index (Phi) is 2.23. The SMILES string of the molecule is Nc1cc(C(=O)NC23CC4CC(CC(C4)C2)C3)[nH]n1. The van der Waals surface area contributed by atoms with E-state index in [1.54, 1.807) is 6.07 Å². The fourth-order valence-corrected chi connectivity index (χ4v) is 5.03. The van der Waals surface area contributed by atoms with E-state index in [1.165, 1.54) is 19.3 Å². The second kappa shape index (κ2) is 3.74. The van der Waals surface area contributed by atoms with E-state index in [-0.39, 0.29) is 11.4 Å². The lowest BCUT2D eigenvalue weighted by Crippen LogP contribution is -2.59. The molecule has 1 amide bonds. The first kappa shape index (κ1) is 11.3. The van der Waals surface area contributed by atoms with Crippen LogP contribution in [0.4, 0.5) is 5.82 Å². The van der Waals surface area contributed by atoms with Crippen molar-refractivity contribution in [3.63, 3.8) is 0 Å². The van der Waals surface area contributed by atoms with Gasteiger partial charge in [0.15, 0.2) is 0 Å². The Morgan fingerprint density at radius 2 is 1.84 bits per heavy atom. The number of carbonyl (C=O) groups is 1. The molecule has 1 aromatic heterocycles. The van der Waals surface area contributed by atoms with Gasteiger partial charge in [-0.2, -0.15) is 5.10 Å². The maximum absolute atomic E-state index is 12.3. The van der Waals surface area contributed by atoms with Crippen molar-refractivity contribution in [2.24, 2.45) is 17.8 Å². The molecule has 0 aromatic carbocycles. The number of aromatic nitrogens is 2. The predicted octanol–water partition coefficient (Wildman–Crippen LogP) is 1.69.